The molecule has 0 fully saturated rings. The second-order valence-electron chi connectivity index (χ2n) is 13.4. The average molecular weight is 678 g/mol. The normalized spacial score (nSPS) is 15.1. The van der Waals surface area contributed by atoms with Crippen molar-refractivity contribution in [1.29, 1.82) is 0 Å². The van der Waals surface area contributed by atoms with E-state index in [1.54, 1.807) is 0 Å². The topological polar surface area (TPSA) is 169 Å². The number of carbonyl (C=O) groups is 1. The second-order valence-corrected chi connectivity index (χ2v) is 13.4. The molecule has 0 saturated heterocycles. The van der Waals surface area contributed by atoms with E-state index in [2.05, 4.69) is 12.2 Å². The highest BCUT2D eigenvalue weighted by Gasteiger charge is 2.31. The van der Waals surface area contributed by atoms with Gasteiger partial charge in [-0.25, -0.2) is 0 Å². The molecular weight excluding hydrogens is 602 g/mol. The molecule has 1 amide bonds. The van der Waals surface area contributed by atoms with E-state index in [-0.39, 0.29) is 18.9 Å². The summed E-state index contributed by atoms with van der Waals surface area (Å²) in [6, 6.07) is -0.988. The van der Waals surface area contributed by atoms with Crippen molar-refractivity contribution in [2.24, 2.45) is 0 Å². The summed E-state index contributed by atoms with van der Waals surface area (Å²) >= 11 is 0. The molecule has 10 heteroatoms. The second kappa shape index (κ2) is 33.6. The first-order valence-corrected chi connectivity index (χ1v) is 19.3. The fourth-order valence-electron chi connectivity index (χ4n) is 5.76. The molecule has 0 aliphatic heterocycles. The van der Waals surface area contributed by atoms with Gasteiger partial charge >= 0.3 is 0 Å². The van der Waals surface area contributed by atoms with Gasteiger partial charge in [-0.3, -0.25) is 4.79 Å². The van der Waals surface area contributed by atoms with Crippen LogP contribution in [-0.2, 0) is 14.3 Å². The van der Waals surface area contributed by atoms with Crippen LogP contribution in [-0.4, -0.2) is 99.7 Å². The predicted molar refractivity (Wildman–Crippen MR) is 188 cm³/mol. The lowest BCUT2D eigenvalue weighted by atomic mass is 10.0. The highest BCUT2D eigenvalue weighted by molar-refractivity contribution is 5.76. The van der Waals surface area contributed by atoms with Crippen molar-refractivity contribution in [3.05, 3.63) is 0 Å². The molecule has 0 spiro atoms. The van der Waals surface area contributed by atoms with Crippen LogP contribution >= 0.6 is 0 Å². The van der Waals surface area contributed by atoms with E-state index in [0.717, 1.165) is 32.1 Å². The molecule has 0 bridgehead atoms. The summed E-state index contributed by atoms with van der Waals surface area (Å²) in [6.45, 7) is 2.15. The minimum atomic E-state index is -1.48. The monoisotopic (exact) mass is 678 g/mol. The van der Waals surface area contributed by atoms with E-state index in [4.69, 9.17) is 9.47 Å². The number of amides is 1. The summed E-state index contributed by atoms with van der Waals surface area (Å²) in [4.78, 5) is 12.7. The number of rotatable bonds is 36. The van der Waals surface area contributed by atoms with Gasteiger partial charge in [0.1, 0.15) is 18.3 Å². The summed E-state index contributed by atoms with van der Waals surface area (Å²) in [5.41, 5.74) is 0. The van der Waals surface area contributed by atoms with Crippen molar-refractivity contribution in [2.75, 3.05) is 26.4 Å². The summed E-state index contributed by atoms with van der Waals surface area (Å²) in [7, 11) is 0. The van der Waals surface area contributed by atoms with Gasteiger partial charge < -0.3 is 45.4 Å². The van der Waals surface area contributed by atoms with Crippen LogP contribution in [0.2, 0.25) is 0 Å². The molecule has 5 atom stereocenters. The summed E-state index contributed by atoms with van der Waals surface area (Å²) in [5, 5.41) is 62.1. The molecule has 0 heterocycles. The third-order valence-corrected chi connectivity index (χ3v) is 8.94. The summed E-state index contributed by atoms with van der Waals surface area (Å²) < 4.78 is 10.9. The third-order valence-electron chi connectivity index (χ3n) is 8.94. The van der Waals surface area contributed by atoms with Crippen LogP contribution in [0.15, 0.2) is 0 Å². The van der Waals surface area contributed by atoms with Crippen LogP contribution < -0.4 is 5.32 Å². The number of aliphatic hydroxyl groups excluding tert-OH is 6. The Hall–Kier alpha value is -0.850. The molecule has 0 rings (SSSR count). The Balaban J connectivity index is 4.22. The smallest absolute Gasteiger partial charge is 0.220 e. The number of aliphatic hydroxyl groups is 6. The van der Waals surface area contributed by atoms with Gasteiger partial charge in [0.05, 0.1) is 38.6 Å². The highest BCUT2D eigenvalue weighted by Crippen LogP contribution is 2.16. The van der Waals surface area contributed by atoms with Crippen molar-refractivity contribution in [1.82, 2.24) is 5.32 Å². The van der Waals surface area contributed by atoms with Crippen molar-refractivity contribution in [2.45, 2.75) is 205 Å². The molecular formula is C37H75NO9. The molecule has 47 heavy (non-hydrogen) atoms. The molecule has 0 aromatic carbocycles. The first-order valence-electron chi connectivity index (χ1n) is 19.3. The van der Waals surface area contributed by atoms with E-state index >= 15 is 0 Å². The van der Waals surface area contributed by atoms with Crippen molar-refractivity contribution < 1.29 is 44.9 Å². The minimum Gasteiger partial charge on any atom is -0.394 e. The molecule has 2 unspecified atom stereocenters. The Morgan fingerprint density at radius 1 is 0.574 bits per heavy atom. The van der Waals surface area contributed by atoms with Gasteiger partial charge in [0.2, 0.25) is 5.91 Å². The Kier molecular flexibility index (Phi) is 33.0. The Bertz CT molecular complexity index is 668. The van der Waals surface area contributed by atoms with Crippen LogP contribution in [0.5, 0.6) is 0 Å². The summed E-state index contributed by atoms with van der Waals surface area (Å²) in [5.74, 6) is -0.272. The standard InChI is InChI=1S/C37H75NO9/c1-3-5-7-8-9-10-11-12-13-14-15-16-17-18-19-20-21-22-23-24-26-35(44)38-32(36(45)33(42)25-6-4-2)30-46-37(34(43)29-41)47-31(27-39)28-40/h31-34,36-37,39-43,45H,3-30H2,1-2H3,(H,38,44)/t32-,33+,34?,36-,37?/m0/s1. The van der Waals surface area contributed by atoms with E-state index in [1.807, 2.05) is 6.92 Å². The van der Waals surface area contributed by atoms with Gasteiger partial charge in [-0.15, -0.1) is 0 Å². The minimum absolute atomic E-state index is 0.272. The predicted octanol–water partition coefficient (Wildman–Crippen LogP) is 5.66. The fourth-order valence-corrected chi connectivity index (χ4v) is 5.76. The Labute approximate surface area is 287 Å². The van der Waals surface area contributed by atoms with Crippen LogP contribution in [0, 0.1) is 0 Å². The molecule has 282 valence electrons. The van der Waals surface area contributed by atoms with Gasteiger partial charge in [0.25, 0.3) is 0 Å². The van der Waals surface area contributed by atoms with Crippen molar-refractivity contribution in [3.63, 3.8) is 0 Å². The largest absolute Gasteiger partial charge is 0.394 e. The van der Waals surface area contributed by atoms with Crippen LogP contribution in [0.1, 0.15) is 168 Å². The van der Waals surface area contributed by atoms with Crippen molar-refractivity contribution in [3.8, 4) is 0 Å². The molecule has 7 N–H and O–H groups in total. The van der Waals surface area contributed by atoms with Gasteiger partial charge in [0, 0.05) is 6.42 Å². The number of nitrogens with one attached hydrogen (secondary N) is 1. The van der Waals surface area contributed by atoms with E-state index in [0.29, 0.717) is 12.8 Å². The highest BCUT2D eigenvalue weighted by atomic mass is 16.7. The number of hydrogen-bond donors (Lipinski definition) is 7. The molecule has 0 aliphatic carbocycles. The molecule has 0 aromatic heterocycles. The summed E-state index contributed by atoms with van der Waals surface area (Å²) in [6.07, 6.45) is 21.5. The molecule has 10 nitrogen and oxygen atoms in total. The number of ether oxygens (including phenoxy) is 2. The van der Waals surface area contributed by atoms with E-state index in [1.165, 1.54) is 103 Å². The lowest BCUT2D eigenvalue weighted by Gasteiger charge is -2.31. The van der Waals surface area contributed by atoms with Gasteiger partial charge in [-0.2, -0.15) is 0 Å². The average Bonchev–Trinajstić information content (AvgIpc) is 3.08. The van der Waals surface area contributed by atoms with Crippen LogP contribution in [0.25, 0.3) is 0 Å². The van der Waals surface area contributed by atoms with E-state index in [9.17, 15) is 35.4 Å². The molecule has 0 aliphatic rings. The maximum Gasteiger partial charge on any atom is 0.220 e. The van der Waals surface area contributed by atoms with Gasteiger partial charge in [-0.1, -0.05) is 149 Å². The maximum absolute atomic E-state index is 12.7. The van der Waals surface area contributed by atoms with Crippen molar-refractivity contribution >= 4 is 5.91 Å². The third kappa shape index (κ3) is 26.7. The number of unbranched alkanes of at least 4 members (excludes halogenated alkanes) is 20. The van der Waals surface area contributed by atoms with Crippen LogP contribution in [0.4, 0.5) is 0 Å². The number of carbonyl (C=O) groups excluding carboxylic acids is 1. The lowest BCUT2D eigenvalue weighted by molar-refractivity contribution is -0.236. The Morgan fingerprint density at radius 2 is 1.00 bits per heavy atom. The fraction of sp³-hybridized carbons (Fsp3) is 0.973. The first-order chi connectivity index (χ1) is 22.8. The SMILES string of the molecule is CCCCCCCCCCCCCCCCCCCCCCC(=O)N[C@@H](COC(OC(CO)CO)C(O)CO)[C@H](O)[C@H](O)CCCC. The maximum atomic E-state index is 12.7. The van der Waals surface area contributed by atoms with E-state index < -0.39 is 56.6 Å². The molecule has 0 radical (unpaired) electrons. The zero-order valence-electron chi connectivity index (χ0n) is 30.2. The zero-order valence-corrected chi connectivity index (χ0v) is 30.2. The number of hydrogen-bond acceptors (Lipinski definition) is 9. The Morgan fingerprint density at radius 3 is 1.40 bits per heavy atom. The molecule has 0 aromatic rings. The van der Waals surface area contributed by atoms with Gasteiger partial charge in [-0.05, 0) is 12.8 Å². The molecule has 0 saturated carbocycles. The van der Waals surface area contributed by atoms with Crippen LogP contribution in [0.3, 0.4) is 0 Å². The van der Waals surface area contributed by atoms with Gasteiger partial charge in [0.15, 0.2) is 6.29 Å². The first kappa shape index (κ1) is 46.1. The quantitative estimate of drug-likeness (QED) is 0.0327. The lowest BCUT2D eigenvalue weighted by Crippen LogP contribution is -2.52. The zero-order chi connectivity index (χ0) is 35.0.